The first-order valence-electron chi connectivity index (χ1n) is 5.52. The number of alkyl halides is 3. The molecular weight excluding hydrogens is 256 g/mol. The lowest BCUT2D eigenvalue weighted by Gasteiger charge is -2.13. The Labute approximate surface area is 108 Å². The molecule has 19 heavy (non-hydrogen) atoms. The predicted molar refractivity (Wildman–Crippen MR) is 66.7 cm³/mol. The van der Waals surface area contributed by atoms with E-state index < -0.39 is 18.9 Å². The number of rotatable bonds is 2. The molecule has 0 fully saturated rings. The Kier molecular flexibility index (Phi) is 3.64. The second-order valence-corrected chi connectivity index (χ2v) is 4.04. The first kappa shape index (κ1) is 13.6. The Morgan fingerprint density at radius 2 is 1.53 bits per heavy atom. The maximum absolute atomic E-state index is 12.6. The molecule has 0 aliphatic carbocycles. The van der Waals surface area contributed by atoms with Gasteiger partial charge in [0.1, 0.15) is 0 Å². The molecule has 2 N–H and O–H groups in total. The van der Waals surface area contributed by atoms with E-state index in [0.717, 1.165) is 12.1 Å². The molecule has 0 saturated carbocycles. The molecule has 2 aromatic carbocycles. The number of halogens is 3. The molecule has 0 amide bonds. The predicted octanol–water partition coefficient (Wildman–Crippen LogP) is 2.05. The summed E-state index contributed by atoms with van der Waals surface area (Å²) in [6, 6.07) is 11.5. The Balaban J connectivity index is 2.57. The molecule has 0 radical (unpaired) electrons. The largest absolute Gasteiger partial charge is 0.489 e. The van der Waals surface area contributed by atoms with Gasteiger partial charge in [0.05, 0.1) is 5.56 Å². The van der Waals surface area contributed by atoms with E-state index in [9.17, 15) is 23.2 Å². The van der Waals surface area contributed by atoms with Crippen LogP contribution in [-0.4, -0.2) is 17.2 Å². The molecule has 0 atom stereocenters. The van der Waals surface area contributed by atoms with Crippen molar-refractivity contribution in [2.45, 2.75) is 6.18 Å². The molecule has 0 spiro atoms. The lowest BCUT2D eigenvalue weighted by molar-refractivity contribution is -0.137. The highest BCUT2D eigenvalue weighted by Gasteiger charge is 2.32. The first-order chi connectivity index (χ1) is 8.89. The standard InChI is InChI=1S/C13H10BF3O2/c15-13(16,17)10-6-7-11(12(8-10)14(18)19)9-4-2-1-3-5-9/h1-8,18-19H. The summed E-state index contributed by atoms with van der Waals surface area (Å²) >= 11 is 0. The average molecular weight is 266 g/mol. The summed E-state index contributed by atoms with van der Waals surface area (Å²) in [6.45, 7) is 0. The van der Waals surface area contributed by atoms with Crippen molar-refractivity contribution < 1.29 is 23.2 Å². The van der Waals surface area contributed by atoms with Gasteiger partial charge in [-0.05, 0) is 28.7 Å². The van der Waals surface area contributed by atoms with Gasteiger partial charge in [-0.3, -0.25) is 0 Å². The van der Waals surface area contributed by atoms with Crippen molar-refractivity contribution in [3.8, 4) is 11.1 Å². The maximum Gasteiger partial charge on any atom is 0.489 e. The highest BCUT2D eigenvalue weighted by atomic mass is 19.4. The minimum atomic E-state index is -4.52. The summed E-state index contributed by atoms with van der Waals surface area (Å²) in [7, 11) is -1.96. The van der Waals surface area contributed by atoms with Crippen molar-refractivity contribution in [3.05, 3.63) is 54.1 Å². The highest BCUT2D eigenvalue weighted by molar-refractivity contribution is 6.60. The smallest absolute Gasteiger partial charge is 0.423 e. The van der Waals surface area contributed by atoms with Crippen LogP contribution in [0.4, 0.5) is 13.2 Å². The van der Waals surface area contributed by atoms with Crippen LogP contribution in [0.2, 0.25) is 0 Å². The molecule has 2 aromatic rings. The fraction of sp³-hybridized carbons (Fsp3) is 0.0769. The Hall–Kier alpha value is -1.79. The van der Waals surface area contributed by atoms with E-state index >= 15 is 0 Å². The van der Waals surface area contributed by atoms with Gasteiger partial charge in [0, 0.05) is 0 Å². The first-order valence-corrected chi connectivity index (χ1v) is 5.52. The van der Waals surface area contributed by atoms with Crippen LogP contribution >= 0.6 is 0 Å². The SMILES string of the molecule is OB(O)c1cc(C(F)(F)F)ccc1-c1ccccc1. The van der Waals surface area contributed by atoms with Crippen molar-refractivity contribution in [2.75, 3.05) is 0 Å². The third-order valence-electron chi connectivity index (χ3n) is 2.74. The molecule has 2 nitrogen and oxygen atoms in total. The molecule has 0 saturated heterocycles. The maximum atomic E-state index is 12.6. The van der Waals surface area contributed by atoms with Crippen LogP contribution in [0.15, 0.2) is 48.5 Å². The van der Waals surface area contributed by atoms with Crippen LogP contribution in [0, 0.1) is 0 Å². The molecule has 0 heterocycles. The molecule has 0 aromatic heterocycles. The summed E-state index contributed by atoms with van der Waals surface area (Å²) in [5.74, 6) is 0. The highest BCUT2D eigenvalue weighted by Crippen LogP contribution is 2.30. The van der Waals surface area contributed by atoms with E-state index in [1.165, 1.54) is 6.07 Å². The second-order valence-electron chi connectivity index (χ2n) is 4.04. The topological polar surface area (TPSA) is 40.5 Å². The Morgan fingerprint density at radius 3 is 2.05 bits per heavy atom. The minimum Gasteiger partial charge on any atom is -0.423 e. The van der Waals surface area contributed by atoms with E-state index in [0.29, 0.717) is 11.1 Å². The van der Waals surface area contributed by atoms with Gasteiger partial charge in [0.2, 0.25) is 0 Å². The van der Waals surface area contributed by atoms with Gasteiger partial charge in [-0.2, -0.15) is 13.2 Å². The van der Waals surface area contributed by atoms with Crippen molar-refractivity contribution >= 4 is 12.6 Å². The van der Waals surface area contributed by atoms with Crippen LogP contribution in [0.3, 0.4) is 0 Å². The molecule has 0 aliphatic rings. The number of hydrogen-bond donors (Lipinski definition) is 2. The number of hydrogen-bond acceptors (Lipinski definition) is 2. The summed E-state index contributed by atoms with van der Waals surface area (Å²) in [6.07, 6.45) is -4.52. The molecule has 6 heteroatoms. The van der Waals surface area contributed by atoms with Gasteiger partial charge in [-0.15, -0.1) is 0 Å². The molecular formula is C13H10BF3O2. The molecule has 98 valence electrons. The quantitative estimate of drug-likeness (QED) is 0.817. The Bertz CT molecular complexity index is 568. The van der Waals surface area contributed by atoms with Gasteiger partial charge in [-0.25, -0.2) is 0 Å². The van der Waals surface area contributed by atoms with Crippen LogP contribution in [0.25, 0.3) is 11.1 Å². The molecule has 2 rings (SSSR count). The van der Waals surface area contributed by atoms with E-state index in [1.807, 2.05) is 0 Å². The minimum absolute atomic E-state index is 0.166. The zero-order valence-electron chi connectivity index (χ0n) is 9.72. The van der Waals surface area contributed by atoms with E-state index in [4.69, 9.17) is 0 Å². The lowest BCUT2D eigenvalue weighted by atomic mass is 9.74. The third-order valence-corrected chi connectivity index (χ3v) is 2.74. The summed E-state index contributed by atoms with van der Waals surface area (Å²) in [5.41, 5.74) is -0.0840. The summed E-state index contributed by atoms with van der Waals surface area (Å²) in [5, 5.41) is 18.5. The van der Waals surface area contributed by atoms with E-state index in [2.05, 4.69) is 0 Å². The van der Waals surface area contributed by atoms with Crippen molar-refractivity contribution in [2.24, 2.45) is 0 Å². The average Bonchev–Trinajstić information content (AvgIpc) is 2.38. The van der Waals surface area contributed by atoms with Gasteiger partial charge >= 0.3 is 13.3 Å². The monoisotopic (exact) mass is 266 g/mol. The molecule has 0 unspecified atom stereocenters. The summed E-state index contributed by atoms with van der Waals surface area (Å²) < 4.78 is 37.8. The normalized spacial score (nSPS) is 11.4. The fourth-order valence-corrected chi connectivity index (χ4v) is 1.83. The van der Waals surface area contributed by atoms with Gasteiger partial charge < -0.3 is 10.0 Å². The van der Waals surface area contributed by atoms with Gasteiger partial charge in [-0.1, -0.05) is 36.4 Å². The van der Waals surface area contributed by atoms with Crippen molar-refractivity contribution in [1.82, 2.24) is 0 Å². The summed E-state index contributed by atoms with van der Waals surface area (Å²) in [4.78, 5) is 0. The van der Waals surface area contributed by atoms with Crippen molar-refractivity contribution in [1.29, 1.82) is 0 Å². The van der Waals surface area contributed by atoms with Crippen LogP contribution in [0.1, 0.15) is 5.56 Å². The van der Waals surface area contributed by atoms with E-state index in [-0.39, 0.29) is 5.46 Å². The van der Waals surface area contributed by atoms with Crippen LogP contribution in [0.5, 0.6) is 0 Å². The third kappa shape index (κ3) is 2.97. The molecule has 0 aliphatic heterocycles. The lowest BCUT2D eigenvalue weighted by Crippen LogP contribution is -2.32. The zero-order valence-corrected chi connectivity index (χ0v) is 9.72. The van der Waals surface area contributed by atoms with Gasteiger partial charge in [0.25, 0.3) is 0 Å². The van der Waals surface area contributed by atoms with Crippen LogP contribution < -0.4 is 5.46 Å². The second kappa shape index (κ2) is 5.07. The fourth-order valence-electron chi connectivity index (χ4n) is 1.83. The Morgan fingerprint density at radius 1 is 0.895 bits per heavy atom. The molecule has 0 bridgehead atoms. The van der Waals surface area contributed by atoms with Crippen molar-refractivity contribution in [3.63, 3.8) is 0 Å². The van der Waals surface area contributed by atoms with E-state index in [1.54, 1.807) is 30.3 Å². The van der Waals surface area contributed by atoms with Crippen LogP contribution in [-0.2, 0) is 6.18 Å². The number of benzene rings is 2. The zero-order chi connectivity index (χ0) is 14.0. The van der Waals surface area contributed by atoms with Gasteiger partial charge in [0.15, 0.2) is 0 Å².